The van der Waals surface area contributed by atoms with Crippen LogP contribution in [0.25, 0.3) is 10.9 Å². The van der Waals surface area contributed by atoms with E-state index in [1.807, 2.05) is 6.92 Å². The first-order chi connectivity index (χ1) is 11.3. The molecule has 0 aliphatic heterocycles. The third kappa shape index (κ3) is 3.03. The average Bonchev–Trinajstić information content (AvgIpc) is 2.58. The molecule has 0 saturated carbocycles. The topological polar surface area (TPSA) is 81.4 Å². The van der Waals surface area contributed by atoms with Gasteiger partial charge in [0.1, 0.15) is 0 Å². The second-order valence-electron chi connectivity index (χ2n) is 5.73. The molecule has 0 aliphatic carbocycles. The fourth-order valence-corrected chi connectivity index (χ4v) is 4.18. The fraction of sp³-hybridized carbons (Fsp3) is 0.500. The number of unbranched alkanes of at least 4 members (excludes halogenated alkanes) is 1. The first-order valence-electron chi connectivity index (χ1n) is 7.95. The molecule has 1 aromatic carbocycles. The van der Waals surface area contributed by atoms with Crippen molar-refractivity contribution >= 4 is 20.9 Å². The molecule has 0 aliphatic rings. The highest BCUT2D eigenvalue weighted by atomic mass is 32.2. The summed E-state index contributed by atoms with van der Waals surface area (Å²) in [6.07, 6.45) is 1.67. The van der Waals surface area contributed by atoms with Crippen molar-refractivity contribution in [1.29, 1.82) is 0 Å². The number of rotatable bonds is 6. The van der Waals surface area contributed by atoms with E-state index >= 15 is 0 Å². The summed E-state index contributed by atoms with van der Waals surface area (Å²) in [7, 11) is -0.736. The zero-order chi connectivity index (χ0) is 18.1. The Balaban J connectivity index is 2.67. The molecule has 2 aromatic rings. The van der Waals surface area contributed by atoms with Crippen LogP contribution in [-0.4, -0.2) is 34.9 Å². The quantitative estimate of drug-likeness (QED) is 0.777. The minimum absolute atomic E-state index is 0.0729. The molecule has 7 nitrogen and oxygen atoms in total. The van der Waals surface area contributed by atoms with Crippen molar-refractivity contribution in [2.75, 3.05) is 13.1 Å². The van der Waals surface area contributed by atoms with Crippen LogP contribution in [0.1, 0.15) is 26.7 Å². The summed E-state index contributed by atoms with van der Waals surface area (Å²) in [5.74, 6) is 0. The van der Waals surface area contributed by atoms with Crippen LogP contribution in [0.2, 0.25) is 0 Å². The number of sulfonamides is 1. The lowest BCUT2D eigenvalue weighted by molar-refractivity contribution is 0.419. The van der Waals surface area contributed by atoms with Gasteiger partial charge in [0.2, 0.25) is 10.0 Å². The molecule has 1 aromatic heterocycles. The van der Waals surface area contributed by atoms with Crippen LogP contribution in [0.3, 0.4) is 0 Å². The normalized spacial score (nSPS) is 12.2. The van der Waals surface area contributed by atoms with Gasteiger partial charge in [-0.1, -0.05) is 20.3 Å². The highest BCUT2D eigenvalue weighted by Crippen LogP contribution is 2.19. The van der Waals surface area contributed by atoms with Crippen molar-refractivity contribution in [3.05, 3.63) is 39.0 Å². The Kier molecular flexibility index (Phi) is 5.29. The Morgan fingerprint density at radius 1 is 1.08 bits per heavy atom. The van der Waals surface area contributed by atoms with Crippen molar-refractivity contribution in [3.8, 4) is 0 Å². The predicted octanol–water partition coefficient (Wildman–Crippen LogP) is 1.05. The lowest BCUT2D eigenvalue weighted by atomic mass is 10.2. The Hall–Kier alpha value is -1.93. The summed E-state index contributed by atoms with van der Waals surface area (Å²) >= 11 is 0. The Morgan fingerprint density at radius 2 is 1.75 bits per heavy atom. The molecule has 0 bridgehead atoms. The Labute approximate surface area is 141 Å². The zero-order valence-corrected chi connectivity index (χ0v) is 15.3. The van der Waals surface area contributed by atoms with Crippen LogP contribution < -0.4 is 11.2 Å². The van der Waals surface area contributed by atoms with Crippen molar-refractivity contribution < 1.29 is 8.42 Å². The predicted molar refractivity (Wildman–Crippen MR) is 93.8 cm³/mol. The first-order valence-corrected chi connectivity index (χ1v) is 9.39. The summed E-state index contributed by atoms with van der Waals surface area (Å²) in [5, 5.41) is 0.215. The van der Waals surface area contributed by atoms with Crippen molar-refractivity contribution in [2.24, 2.45) is 14.1 Å². The first kappa shape index (κ1) is 18.4. The average molecular weight is 353 g/mol. The lowest BCUT2D eigenvalue weighted by Crippen LogP contribution is -2.37. The molecule has 0 spiro atoms. The summed E-state index contributed by atoms with van der Waals surface area (Å²) < 4.78 is 29.3. The fourth-order valence-electron chi connectivity index (χ4n) is 2.67. The third-order valence-corrected chi connectivity index (χ3v) is 6.16. The van der Waals surface area contributed by atoms with Crippen LogP contribution in [0.5, 0.6) is 0 Å². The molecule has 8 heteroatoms. The number of aryl methyl sites for hydroxylation is 1. The number of nitrogens with zero attached hydrogens (tertiary/aromatic N) is 3. The van der Waals surface area contributed by atoms with Gasteiger partial charge in [-0.15, -0.1) is 0 Å². The molecule has 0 fully saturated rings. The monoisotopic (exact) mass is 353 g/mol. The minimum atomic E-state index is -3.67. The van der Waals surface area contributed by atoms with Gasteiger partial charge >= 0.3 is 5.69 Å². The standard InChI is InChI=1S/C16H23N3O4S/c1-5-7-10-19(6-2)24(22,23)12-8-9-14-13(11-12)15(20)18(4)16(21)17(14)3/h8-9,11H,5-7,10H2,1-4H3. The van der Waals surface area contributed by atoms with Gasteiger partial charge < -0.3 is 0 Å². The maximum absolute atomic E-state index is 12.8. The molecule has 2 rings (SSSR count). The van der Waals surface area contributed by atoms with Crippen LogP contribution >= 0.6 is 0 Å². The van der Waals surface area contributed by atoms with Gasteiger partial charge in [-0.05, 0) is 24.6 Å². The van der Waals surface area contributed by atoms with Gasteiger partial charge in [0, 0.05) is 27.2 Å². The van der Waals surface area contributed by atoms with E-state index in [1.165, 1.54) is 34.1 Å². The largest absolute Gasteiger partial charge is 0.330 e. The molecular formula is C16H23N3O4S. The molecule has 0 unspecified atom stereocenters. The number of hydrogen-bond acceptors (Lipinski definition) is 4. The summed E-state index contributed by atoms with van der Waals surface area (Å²) in [6, 6.07) is 4.32. The maximum Gasteiger partial charge on any atom is 0.330 e. The van der Waals surface area contributed by atoms with Gasteiger partial charge in [-0.25, -0.2) is 13.2 Å². The summed E-state index contributed by atoms with van der Waals surface area (Å²) in [4.78, 5) is 24.4. The smallest absolute Gasteiger partial charge is 0.296 e. The van der Waals surface area contributed by atoms with Crippen LogP contribution in [0.15, 0.2) is 32.7 Å². The molecular weight excluding hydrogens is 330 g/mol. The van der Waals surface area contributed by atoms with E-state index in [9.17, 15) is 18.0 Å². The number of benzene rings is 1. The van der Waals surface area contributed by atoms with Gasteiger partial charge in [0.05, 0.1) is 15.8 Å². The van der Waals surface area contributed by atoms with Crippen LogP contribution in [0, 0.1) is 0 Å². The molecule has 0 saturated heterocycles. The summed E-state index contributed by atoms with van der Waals surface area (Å²) in [5.41, 5.74) is -0.526. The van der Waals surface area contributed by atoms with E-state index in [1.54, 1.807) is 14.0 Å². The van der Waals surface area contributed by atoms with Crippen LogP contribution in [-0.2, 0) is 24.1 Å². The molecule has 132 valence electrons. The molecule has 0 amide bonds. The van der Waals surface area contributed by atoms with Crippen molar-refractivity contribution in [3.63, 3.8) is 0 Å². The van der Waals surface area contributed by atoms with E-state index in [2.05, 4.69) is 0 Å². The van der Waals surface area contributed by atoms with Gasteiger partial charge in [0.25, 0.3) is 5.56 Å². The minimum Gasteiger partial charge on any atom is -0.296 e. The molecule has 24 heavy (non-hydrogen) atoms. The van der Waals surface area contributed by atoms with Crippen molar-refractivity contribution in [2.45, 2.75) is 31.6 Å². The number of fused-ring (bicyclic) bond motifs is 1. The second kappa shape index (κ2) is 6.90. The molecule has 1 heterocycles. The molecule has 0 atom stereocenters. The van der Waals surface area contributed by atoms with E-state index < -0.39 is 21.3 Å². The number of hydrogen-bond donors (Lipinski definition) is 0. The maximum atomic E-state index is 12.8. The van der Waals surface area contributed by atoms with Crippen LogP contribution in [0.4, 0.5) is 0 Å². The molecule has 0 N–H and O–H groups in total. The van der Waals surface area contributed by atoms with Crippen molar-refractivity contribution in [1.82, 2.24) is 13.4 Å². The second-order valence-corrected chi connectivity index (χ2v) is 7.67. The SMILES string of the molecule is CCCCN(CC)S(=O)(=O)c1ccc2c(c1)c(=O)n(C)c(=O)n2C. The number of aromatic nitrogens is 2. The Morgan fingerprint density at radius 3 is 2.33 bits per heavy atom. The van der Waals surface area contributed by atoms with E-state index in [0.717, 1.165) is 17.4 Å². The zero-order valence-electron chi connectivity index (χ0n) is 14.4. The molecule has 0 radical (unpaired) electrons. The highest BCUT2D eigenvalue weighted by molar-refractivity contribution is 7.89. The summed E-state index contributed by atoms with van der Waals surface area (Å²) in [6.45, 7) is 4.60. The van der Waals surface area contributed by atoms with E-state index in [4.69, 9.17) is 0 Å². The highest BCUT2D eigenvalue weighted by Gasteiger charge is 2.23. The van der Waals surface area contributed by atoms with E-state index in [-0.39, 0.29) is 10.3 Å². The lowest BCUT2D eigenvalue weighted by Gasteiger charge is -2.20. The van der Waals surface area contributed by atoms with Gasteiger partial charge in [-0.3, -0.25) is 13.9 Å². The van der Waals surface area contributed by atoms with Gasteiger partial charge in [-0.2, -0.15) is 4.31 Å². The Bertz CT molecular complexity index is 973. The van der Waals surface area contributed by atoms with E-state index in [0.29, 0.717) is 18.6 Å². The third-order valence-electron chi connectivity index (χ3n) is 4.19. The van der Waals surface area contributed by atoms with Gasteiger partial charge in [0.15, 0.2) is 0 Å².